The monoisotopic (exact) mass is 499 g/mol. The highest BCUT2D eigenvalue weighted by molar-refractivity contribution is 7.13. The molecule has 8 nitrogen and oxygen atoms in total. The maximum absolute atomic E-state index is 13.9. The van der Waals surface area contributed by atoms with Gasteiger partial charge in [0, 0.05) is 24.8 Å². The van der Waals surface area contributed by atoms with Gasteiger partial charge in [0.1, 0.15) is 16.9 Å². The van der Waals surface area contributed by atoms with Crippen molar-refractivity contribution in [3.8, 4) is 10.6 Å². The van der Waals surface area contributed by atoms with Crippen LogP contribution in [0.15, 0.2) is 78.2 Å². The Morgan fingerprint density at radius 1 is 1.06 bits per heavy atom. The van der Waals surface area contributed by atoms with Crippen LogP contribution in [0.1, 0.15) is 29.9 Å². The molecule has 4 aromatic rings. The third kappa shape index (κ3) is 4.40. The van der Waals surface area contributed by atoms with Gasteiger partial charge < -0.3 is 10.6 Å². The van der Waals surface area contributed by atoms with E-state index in [9.17, 15) is 14.4 Å². The smallest absolute Gasteiger partial charge is 0.277 e. The van der Waals surface area contributed by atoms with Crippen molar-refractivity contribution in [3.63, 3.8) is 0 Å². The van der Waals surface area contributed by atoms with Gasteiger partial charge in [0.15, 0.2) is 0 Å². The Kier molecular flexibility index (Phi) is 6.15. The Bertz CT molecular complexity index is 1410. The Balaban J connectivity index is 1.52. The minimum Gasteiger partial charge on any atom is -0.350 e. The van der Waals surface area contributed by atoms with E-state index < -0.39 is 5.54 Å². The largest absolute Gasteiger partial charge is 0.350 e. The number of carbonyl (C=O) groups excluding carboxylic acids is 3. The zero-order valence-electron chi connectivity index (χ0n) is 19.9. The van der Waals surface area contributed by atoms with E-state index in [2.05, 4.69) is 15.7 Å². The zero-order chi connectivity index (χ0) is 25.3. The molecule has 0 fully saturated rings. The first-order valence-electron chi connectivity index (χ1n) is 11.5. The molecular formula is C27H25N5O3S. The molecule has 0 bridgehead atoms. The van der Waals surface area contributed by atoms with Crippen LogP contribution in [0.5, 0.6) is 0 Å². The molecule has 0 saturated carbocycles. The summed E-state index contributed by atoms with van der Waals surface area (Å²) in [5.74, 6) is -0.794. The van der Waals surface area contributed by atoms with E-state index in [0.717, 1.165) is 10.4 Å². The molecule has 0 aliphatic carbocycles. The van der Waals surface area contributed by atoms with E-state index in [1.807, 2.05) is 47.8 Å². The molecule has 1 unspecified atom stereocenters. The first-order chi connectivity index (χ1) is 17.3. The van der Waals surface area contributed by atoms with Gasteiger partial charge in [0.05, 0.1) is 11.4 Å². The summed E-state index contributed by atoms with van der Waals surface area (Å²) in [5, 5.41) is 12.4. The number of hydrogen-bond acceptors (Lipinski definition) is 5. The van der Waals surface area contributed by atoms with E-state index in [4.69, 9.17) is 0 Å². The highest BCUT2D eigenvalue weighted by Crippen LogP contribution is 2.35. The van der Waals surface area contributed by atoms with Gasteiger partial charge >= 0.3 is 0 Å². The third-order valence-corrected chi connectivity index (χ3v) is 7.05. The van der Waals surface area contributed by atoms with Gasteiger partial charge in [-0.2, -0.15) is 5.10 Å². The lowest BCUT2D eigenvalue weighted by atomic mass is 9.93. The van der Waals surface area contributed by atoms with Crippen LogP contribution in [-0.4, -0.2) is 33.0 Å². The number of anilines is 2. The fraction of sp³-hybridized carbons (Fsp3) is 0.185. The normalized spacial score (nSPS) is 16.9. The summed E-state index contributed by atoms with van der Waals surface area (Å²) in [5.41, 5.74) is 1.99. The van der Waals surface area contributed by atoms with Crippen molar-refractivity contribution < 1.29 is 14.4 Å². The van der Waals surface area contributed by atoms with Crippen LogP contribution < -0.4 is 15.5 Å². The van der Waals surface area contributed by atoms with E-state index in [0.29, 0.717) is 29.3 Å². The van der Waals surface area contributed by atoms with Crippen LogP contribution in [0.2, 0.25) is 0 Å². The number of fused-ring (bicyclic) bond motifs is 1. The Labute approximate surface area is 212 Å². The molecule has 3 amide bonds. The summed E-state index contributed by atoms with van der Waals surface area (Å²) < 4.78 is 1.63. The van der Waals surface area contributed by atoms with Gasteiger partial charge in [-0.25, -0.2) is 0 Å². The lowest BCUT2D eigenvalue weighted by Crippen LogP contribution is -2.64. The van der Waals surface area contributed by atoms with Crippen LogP contribution in [-0.2, 0) is 22.7 Å². The van der Waals surface area contributed by atoms with Gasteiger partial charge in [0.25, 0.3) is 5.91 Å². The molecule has 0 spiro atoms. The van der Waals surface area contributed by atoms with Gasteiger partial charge in [-0.05, 0) is 54.3 Å². The molecule has 2 aromatic carbocycles. The fourth-order valence-electron chi connectivity index (χ4n) is 4.40. The Hall–Kier alpha value is -4.24. The highest BCUT2D eigenvalue weighted by Gasteiger charge is 2.48. The molecule has 36 heavy (non-hydrogen) atoms. The first-order valence-corrected chi connectivity index (χ1v) is 12.4. The zero-order valence-corrected chi connectivity index (χ0v) is 20.7. The summed E-state index contributed by atoms with van der Waals surface area (Å²) in [6.07, 6.45) is 0. The number of thiophene rings is 1. The molecule has 0 saturated heterocycles. The van der Waals surface area contributed by atoms with Crippen LogP contribution in [0, 0.1) is 0 Å². The number of hydrogen-bond donors (Lipinski definition) is 2. The van der Waals surface area contributed by atoms with Crippen molar-refractivity contribution in [2.75, 3.05) is 10.2 Å². The molecule has 2 N–H and O–H groups in total. The molecule has 1 atom stereocenters. The van der Waals surface area contributed by atoms with Gasteiger partial charge in [0.2, 0.25) is 11.8 Å². The molecule has 0 radical (unpaired) electrons. The molecular weight excluding hydrogens is 474 g/mol. The molecule has 1 aliphatic heterocycles. The summed E-state index contributed by atoms with van der Waals surface area (Å²) >= 11 is 1.54. The summed E-state index contributed by atoms with van der Waals surface area (Å²) in [4.78, 5) is 41.5. The molecule has 1 aliphatic rings. The van der Waals surface area contributed by atoms with E-state index in [1.165, 1.54) is 11.8 Å². The predicted molar refractivity (Wildman–Crippen MR) is 140 cm³/mol. The molecule has 2 aromatic heterocycles. The predicted octanol–water partition coefficient (Wildman–Crippen LogP) is 4.31. The van der Waals surface area contributed by atoms with E-state index >= 15 is 0 Å². The summed E-state index contributed by atoms with van der Waals surface area (Å²) in [6.45, 7) is 3.71. The SMILES string of the molecule is CC(=O)Nc1ccc(N2C(=O)c3cc(-c4cccs4)nn3CC2(C)C(=O)NCc2ccccc2)cc1. The van der Waals surface area contributed by atoms with E-state index in [-0.39, 0.29) is 24.3 Å². The average Bonchev–Trinajstić information content (AvgIpc) is 3.54. The molecule has 9 heteroatoms. The summed E-state index contributed by atoms with van der Waals surface area (Å²) in [7, 11) is 0. The van der Waals surface area contributed by atoms with Crippen LogP contribution >= 0.6 is 11.3 Å². The standard InChI is InChI=1S/C27H25N5O3S/c1-18(33)29-20-10-12-21(13-11-20)32-25(34)23-15-22(24-9-6-14-36-24)30-31(23)17-27(32,2)26(35)28-16-19-7-4-3-5-8-19/h3-15H,16-17H2,1-2H3,(H,28,35)(H,29,33). The lowest BCUT2D eigenvalue weighted by Gasteiger charge is -2.43. The first kappa shape index (κ1) is 23.5. The second kappa shape index (κ2) is 9.43. The number of carbonyl (C=O) groups is 3. The fourth-order valence-corrected chi connectivity index (χ4v) is 5.08. The van der Waals surface area contributed by atoms with E-state index in [1.54, 1.807) is 53.3 Å². The number of benzene rings is 2. The highest BCUT2D eigenvalue weighted by atomic mass is 32.1. The van der Waals surface area contributed by atoms with Crippen molar-refractivity contribution in [1.82, 2.24) is 15.1 Å². The second-order valence-electron chi connectivity index (χ2n) is 8.86. The van der Waals surface area contributed by atoms with Crippen LogP contribution in [0.4, 0.5) is 11.4 Å². The van der Waals surface area contributed by atoms with Crippen molar-refractivity contribution in [1.29, 1.82) is 0 Å². The Morgan fingerprint density at radius 3 is 2.47 bits per heavy atom. The van der Waals surface area contributed by atoms with Gasteiger partial charge in [-0.1, -0.05) is 36.4 Å². The number of nitrogens with one attached hydrogen (secondary N) is 2. The topological polar surface area (TPSA) is 96.3 Å². The van der Waals surface area contributed by atoms with Gasteiger partial charge in [-0.3, -0.25) is 24.0 Å². The minimum atomic E-state index is -1.24. The minimum absolute atomic E-state index is 0.188. The second-order valence-corrected chi connectivity index (χ2v) is 9.81. The van der Waals surface area contributed by atoms with Crippen LogP contribution in [0.3, 0.4) is 0 Å². The average molecular weight is 500 g/mol. The maximum atomic E-state index is 13.9. The quantitative estimate of drug-likeness (QED) is 0.413. The van der Waals surface area contributed by atoms with Crippen molar-refractivity contribution >= 4 is 40.4 Å². The molecule has 182 valence electrons. The number of nitrogens with zero attached hydrogens (tertiary/aromatic N) is 3. The maximum Gasteiger partial charge on any atom is 0.277 e. The number of rotatable bonds is 6. The Morgan fingerprint density at radius 2 is 1.81 bits per heavy atom. The van der Waals surface area contributed by atoms with Crippen molar-refractivity contribution in [2.24, 2.45) is 0 Å². The molecule has 3 heterocycles. The number of aromatic nitrogens is 2. The van der Waals surface area contributed by atoms with Crippen molar-refractivity contribution in [3.05, 3.63) is 89.4 Å². The van der Waals surface area contributed by atoms with Crippen LogP contribution in [0.25, 0.3) is 10.6 Å². The third-order valence-electron chi connectivity index (χ3n) is 6.16. The number of amides is 3. The summed E-state index contributed by atoms with van der Waals surface area (Å²) in [6, 6.07) is 22.2. The molecule has 5 rings (SSSR count). The lowest BCUT2D eigenvalue weighted by molar-refractivity contribution is -0.126. The van der Waals surface area contributed by atoms with Gasteiger partial charge in [-0.15, -0.1) is 11.3 Å². The van der Waals surface area contributed by atoms with Crippen molar-refractivity contribution in [2.45, 2.75) is 32.5 Å².